The second-order valence-corrected chi connectivity index (χ2v) is 6.59. The largest absolute Gasteiger partial charge is 0.482 e. The molecule has 0 saturated carbocycles. The van der Waals surface area contributed by atoms with Gasteiger partial charge in [-0.2, -0.15) is 0 Å². The van der Waals surface area contributed by atoms with Crippen molar-refractivity contribution in [2.24, 2.45) is 5.92 Å². The highest BCUT2D eigenvalue weighted by Crippen LogP contribution is 2.33. The van der Waals surface area contributed by atoms with E-state index in [4.69, 9.17) is 4.74 Å². The number of nitrogens with one attached hydrogen (secondary N) is 2. The number of nitrogens with zero attached hydrogens (tertiary/aromatic N) is 1. The summed E-state index contributed by atoms with van der Waals surface area (Å²) >= 11 is 1.38. The third-order valence-corrected chi connectivity index (χ3v) is 4.01. The first-order chi connectivity index (χ1) is 11.0. The Morgan fingerprint density at radius 1 is 1.48 bits per heavy atom. The van der Waals surface area contributed by atoms with Crippen molar-refractivity contribution < 1.29 is 14.3 Å². The van der Waals surface area contributed by atoms with Crippen LogP contribution in [0.1, 0.15) is 20.3 Å². The van der Waals surface area contributed by atoms with E-state index in [2.05, 4.69) is 15.6 Å². The smallest absolute Gasteiger partial charge is 0.262 e. The maximum atomic E-state index is 11.8. The Morgan fingerprint density at radius 2 is 2.30 bits per heavy atom. The lowest BCUT2D eigenvalue weighted by atomic mass is 10.1. The Morgan fingerprint density at radius 3 is 3.09 bits per heavy atom. The van der Waals surface area contributed by atoms with E-state index in [1.54, 1.807) is 6.07 Å². The minimum Gasteiger partial charge on any atom is -0.482 e. The van der Waals surface area contributed by atoms with Gasteiger partial charge in [0.25, 0.3) is 5.91 Å². The Hall–Kier alpha value is -2.41. The van der Waals surface area contributed by atoms with Crippen molar-refractivity contribution in [2.45, 2.75) is 20.3 Å². The van der Waals surface area contributed by atoms with Crippen LogP contribution in [0.4, 0.5) is 10.8 Å². The predicted molar refractivity (Wildman–Crippen MR) is 89.8 cm³/mol. The molecule has 0 spiro atoms. The molecule has 1 aliphatic heterocycles. The first-order valence-electron chi connectivity index (χ1n) is 7.33. The molecule has 3 rings (SSSR count). The van der Waals surface area contributed by atoms with Gasteiger partial charge in [0.2, 0.25) is 5.91 Å². The van der Waals surface area contributed by atoms with Crippen molar-refractivity contribution in [3.63, 3.8) is 0 Å². The number of thiazole rings is 1. The molecule has 1 aromatic heterocycles. The Bertz CT molecular complexity index is 755. The van der Waals surface area contributed by atoms with Crippen LogP contribution in [-0.4, -0.2) is 23.4 Å². The third kappa shape index (κ3) is 3.68. The fourth-order valence-electron chi connectivity index (χ4n) is 2.25. The van der Waals surface area contributed by atoms with E-state index >= 15 is 0 Å². The average Bonchev–Trinajstić information content (AvgIpc) is 2.93. The molecule has 0 fully saturated rings. The lowest BCUT2D eigenvalue weighted by Gasteiger charge is -2.18. The molecule has 7 heteroatoms. The Labute approximate surface area is 137 Å². The highest BCUT2D eigenvalue weighted by molar-refractivity contribution is 7.14. The van der Waals surface area contributed by atoms with Crippen LogP contribution in [0.3, 0.4) is 0 Å². The normalized spacial score (nSPS) is 13.3. The molecule has 1 aliphatic rings. The zero-order valence-corrected chi connectivity index (χ0v) is 13.7. The number of carbonyl (C=O) groups excluding carboxylic acids is 2. The van der Waals surface area contributed by atoms with Crippen molar-refractivity contribution in [2.75, 3.05) is 17.2 Å². The minimum absolute atomic E-state index is 0.0352. The molecule has 1 aromatic carbocycles. The van der Waals surface area contributed by atoms with Crippen molar-refractivity contribution in [1.82, 2.24) is 4.98 Å². The minimum atomic E-state index is -0.172. The van der Waals surface area contributed by atoms with Crippen LogP contribution in [0, 0.1) is 5.92 Å². The summed E-state index contributed by atoms with van der Waals surface area (Å²) in [5, 5.41) is 8.03. The van der Waals surface area contributed by atoms with Crippen molar-refractivity contribution in [3.8, 4) is 17.0 Å². The van der Waals surface area contributed by atoms with Crippen LogP contribution in [-0.2, 0) is 9.59 Å². The van der Waals surface area contributed by atoms with E-state index in [9.17, 15) is 9.59 Å². The number of carbonyl (C=O) groups is 2. The maximum absolute atomic E-state index is 11.8. The van der Waals surface area contributed by atoms with Gasteiger partial charge >= 0.3 is 0 Å². The molecule has 0 unspecified atom stereocenters. The molecule has 2 amide bonds. The van der Waals surface area contributed by atoms with E-state index in [-0.39, 0.29) is 18.4 Å². The molecule has 0 saturated heterocycles. The number of amides is 2. The molecular weight excluding hydrogens is 314 g/mol. The molecule has 23 heavy (non-hydrogen) atoms. The fourth-order valence-corrected chi connectivity index (χ4v) is 2.98. The summed E-state index contributed by atoms with van der Waals surface area (Å²) in [7, 11) is 0. The topological polar surface area (TPSA) is 80.3 Å². The van der Waals surface area contributed by atoms with Crippen LogP contribution in [0.2, 0.25) is 0 Å². The summed E-state index contributed by atoms with van der Waals surface area (Å²) in [4.78, 5) is 27.6. The number of aromatic nitrogens is 1. The molecule has 0 bridgehead atoms. The van der Waals surface area contributed by atoms with E-state index in [1.807, 2.05) is 31.4 Å². The summed E-state index contributed by atoms with van der Waals surface area (Å²) < 4.78 is 5.33. The lowest BCUT2D eigenvalue weighted by Crippen LogP contribution is -2.25. The molecule has 2 heterocycles. The van der Waals surface area contributed by atoms with E-state index < -0.39 is 0 Å². The van der Waals surface area contributed by atoms with Crippen LogP contribution in [0.25, 0.3) is 11.3 Å². The molecule has 0 radical (unpaired) electrons. The van der Waals surface area contributed by atoms with Crippen LogP contribution < -0.4 is 15.4 Å². The second-order valence-electron chi connectivity index (χ2n) is 5.73. The maximum Gasteiger partial charge on any atom is 0.262 e. The molecule has 0 aliphatic carbocycles. The predicted octanol–water partition coefficient (Wildman–Crippen LogP) is 3.13. The average molecular weight is 331 g/mol. The van der Waals surface area contributed by atoms with E-state index in [0.717, 1.165) is 11.3 Å². The van der Waals surface area contributed by atoms with Gasteiger partial charge in [-0.15, -0.1) is 11.3 Å². The van der Waals surface area contributed by atoms with Gasteiger partial charge in [0.1, 0.15) is 5.75 Å². The number of ether oxygens (including phenoxy) is 1. The van der Waals surface area contributed by atoms with Gasteiger partial charge in [-0.3, -0.25) is 9.59 Å². The van der Waals surface area contributed by atoms with Crippen molar-refractivity contribution >= 4 is 34.0 Å². The highest BCUT2D eigenvalue weighted by Gasteiger charge is 2.17. The number of hydrogen-bond acceptors (Lipinski definition) is 5. The molecule has 2 N–H and O–H groups in total. The van der Waals surface area contributed by atoms with Gasteiger partial charge in [0.05, 0.1) is 11.4 Å². The van der Waals surface area contributed by atoms with Gasteiger partial charge in [-0.05, 0) is 24.1 Å². The Kier molecular flexibility index (Phi) is 4.29. The summed E-state index contributed by atoms with van der Waals surface area (Å²) in [6, 6.07) is 5.51. The number of anilines is 2. The number of rotatable bonds is 4. The second kappa shape index (κ2) is 6.37. The van der Waals surface area contributed by atoms with E-state index in [1.165, 1.54) is 11.3 Å². The fraction of sp³-hybridized carbons (Fsp3) is 0.312. The van der Waals surface area contributed by atoms with Gasteiger partial charge in [-0.25, -0.2) is 4.98 Å². The standard InChI is InChI=1S/C16H17N3O3S/c1-9(2)5-14(20)19-16-18-12(8-23-16)10-3-4-13-11(6-10)17-15(21)7-22-13/h3-4,6,8-9H,5,7H2,1-2H3,(H,17,21)(H,18,19,20). The Balaban J connectivity index is 1.77. The number of hydrogen-bond donors (Lipinski definition) is 2. The third-order valence-electron chi connectivity index (χ3n) is 3.25. The van der Waals surface area contributed by atoms with Crippen LogP contribution >= 0.6 is 11.3 Å². The highest BCUT2D eigenvalue weighted by atomic mass is 32.1. The zero-order valence-electron chi connectivity index (χ0n) is 12.9. The van der Waals surface area contributed by atoms with Crippen molar-refractivity contribution in [3.05, 3.63) is 23.6 Å². The lowest BCUT2D eigenvalue weighted by molar-refractivity contribution is -0.118. The summed E-state index contributed by atoms with van der Waals surface area (Å²) in [6.45, 7) is 4.03. The summed E-state index contributed by atoms with van der Waals surface area (Å²) in [6.07, 6.45) is 0.469. The number of fused-ring (bicyclic) bond motifs is 1. The summed E-state index contributed by atoms with van der Waals surface area (Å²) in [5.41, 5.74) is 2.24. The molecule has 2 aromatic rings. The van der Waals surface area contributed by atoms with Gasteiger partial charge in [-0.1, -0.05) is 13.8 Å². The van der Waals surface area contributed by atoms with Crippen LogP contribution in [0.15, 0.2) is 23.6 Å². The quantitative estimate of drug-likeness (QED) is 0.902. The first-order valence-corrected chi connectivity index (χ1v) is 8.21. The van der Waals surface area contributed by atoms with Gasteiger partial charge < -0.3 is 15.4 Å². The molecule has 120 valence electrons. The van der Waals surface area contributed by atoms with E-state index in [0.29, 0.717) is 28.9 Å². The number of benzene rings is 1. The van der Waals surface area contributed by atoms with Gasteiger partial charge in [0.15, 0.2) is 11.7 Å². The van der Waals surface area contributed by atoms with Crippen molar-refractivity contribution in [1.29, 1.82) is 0 Å². The zero-order chi connectivity index (χ0) is 16.4. The SMILES string of the molecule is CC(C)CC(=O)Nc1nc(-c2ccc3c(c2)NC(=O)CO3)cs1. The molecule has 6 nitrogen and oxygen atoms in total. The molecular formula is C16H17N3O3S. The summed E-state index contributed by atoms with van der Waals surface area (Å²) in [5.74, 6) is 0.745. The van der Waals surface area contributed by atoms with Gasteiger partial charge in [0, 0.05) is 17.4 Å². The first kappa shape index (κ1) is 15.5. The monoisotopic (exact) mass is 331 g/mol. The van der Waals surface area contributed by atoms with Crippen LogP contribution in [0.5, 0.6) is 5.75 Å². The molecule has 0 atom stereocenters.